The Balaban J connectivity index is 1.85. The average molecular weight is 292 g/mol. The highest BCUT2D eigenvalue weighted by molar-refractivity contribution is 6.30. The lowest BCUT2D eigenvalue weighted by Gasteiger charge is -2.16. The number of nitrogens with zero attached hydrogens (tertiary/aromatic N) is 3. The molecule has 0 atom stereocenters. The Morgan fingerprint density at radius 3 is 2.85 bits per heavy atom. The van der Waals surface area contributed by atoms with E-state index in [0.717, 1.165) is 11.1 Å². The van der Waals surface area contributed by atoms with E-state index in [1.54, 1.807) is 15.8 Å². The zero-order chi connectivity index (χ0) is 14.5. The first-order valence-corrected chi connectivity index (χ1v) is 6.88. The van der Waals surface area contributed by atoms with Crippen LogP contribution in [0.5, 0.6) is 0 Å². The van der Waals surface area contributed by atoms with Crippen LogP contribution < -0.4 is 0 Å². The smallest absolute Gasteiger partial charge is 0.222 e. The number of amides is 1. The van der Waals surface area contributed by atoms with E-state index in [2.05, 4.69) is 5.10 Å². The molecule has 106 valence electrons. The molecule has 0 saturated carbocycles. The third-order valence-electron chi connectivity index (χ3n) is 3.12. The van der Waals surface area contributed by atoms with Crippen molar-refractivity contribution >= 4 is 17.5 Å². The lowest BCUT2D eigenvalue weighted by atomic mass is 10.1. The van der Waals surface area contributed by atoms with Crippen LogP contribution >= 0.6 is 11.6 Å². The van der Waals surface area contributed by atoms with Crippen LogP contribution in [0.15, 0.2) is 36.7 Å². The van der Waals surface area contributed by atoms with Gasteiger partial charge in [0, 0.05) is 43.8 Å². The highest BCUT2D eigenvalue weighted by atomic mass is 35.5. The highest BCUT2D eigenvalue weighted by Crippen LogP contribution is 2.13. The summed E-state index contributed by atoms with van der Waals surface area (Å²) in [6.45, 7) is 0.586. The zero-order valence-electron chi connectivity index (χ0n) is 11.7. The van der Waals surface area contributed by atoms with E-state index >= 15 is 0 Å². The fraction of sp³-hybridized carbons (Fsp3) is 0.333. The fourth-order valence-electron chi connectivity index (χ4n) is 2.05. The topological polar surface area (TPSA) is 38.1 Å². The van der Waals surface area contributed by atoms with E-state index in [4.69, 9.17) is 11.6 Å². The van der Waals surface area contributed by atoms with Crippen LogP contribution in [-0.2, 0) is 24.8 Å². The molecule has 4 nitrogen and oxygen atoms in total. The predicted molar refractivity (Wildman–Crippen MR) is 79.5 cm³/mol. The number of aryl methyl sites for hydroxylation is 2. The van der Waals surface area contributed by atoms with Gasteiger partial charge in [0.1, 0.15) is 0 Å². The minimum atomic E-state index is 0.119. The fourth-order valence-corrected chi connectivity index (χ4v) is 2.26. The second-order valence-corrected chi connectivity index (χ2v) is 5.34. The van der Waals surface area contributed by atoms with Crippen molar-refractivity contribution in [2.75, 3.05) is 7.05 Å². The SMILES string of the molecule is CN(Cc1cnn(C)c1)C(=O)CCc1cccc(Cl)c1. The summed E-state index contributed by atoms with van der Waals surface area (Å²) in [5.74, 6) is 0.119. The summed E-state index contributed by atoms with van der Waals surface area (Å²) in [6.07, 6.45) is 4.88. The first-order valence-electron chi connectivity index (χ1n) is 6.50. The van der Waals surface area contributed by atoms with E-state index in [1.165, 1.54) is 0 Å². The number of aromatic nitrogens is 2. The summed E-state index contributed by atoms with van der Waals surface area (Å²) in [5, 5.41) is 4.80. The maximum atomic E-state index is 12.1. The van der Waals surface area contributed by atoms with Gasteiger partial charge in [0.2, 0.25) is 5.91 Å². The van der Waals surface area contributed by atoms with Gasteiger partial charge in [-0.25, -0.2) is 0 Å². The largest absolute Gasteiger partial charge is 0.341 e. The molecule has 0 saturated heterocycles. The third-order valence-corrected chi connectivity index (χ3v) is 3.36. The quantitative estimate of drug-likeness (QED) is 0.849. The van der Waals surface area contributed by atoms with E-state index < -0.39 is 0 Å². The second kappa shape index (κ2) is 6.57. The lowest BCUT2D eigenvalue weighted by molar-refractivity contribution is -0.130. The van der Waals surface area contributed by atoms with Gasteiger partial charge in [-0.2, -0.15) is 5.10 Å². The molecule has 1 amide bonds. The lowest BCUT2D eigenvalue weighted by Crippen LogP contribution is -2.26. The third kappa shape index (κ3) is 4.10. The van der Waals surface area contributed by atoms with Crippen LogP contribution in [0.2, 0.25) is 5.02 Å². The highest BCUT2D eigenvalue weighted by Gasteiger charge is 2.10. The van der Waals surface area contributed by atoms with Crippen molar-refractivity contribution in [1.82, 2.24) is 14.7 Å². The first kappa shape index (κ1) is 14.6. The molecular formula is C15H18ClN3O. The normalized spacial score (nSPS) is 10.6. The molecule has 1 aromatic heterocycles. The van der Waals surface area contributed by atoms with Crippen molar-refractivity contribution in [2.45, 2.75) is 19.4 Å². The number of carbonyl (C=O) groups excluding carboxylic acids is 1. The number of rotatable bonds is 5. The van der Waals surface area contributed by atoms with E-state index in [9.17, 15) is 4.79 Å². The van der Waals surface area contributed by atoms with Crippen LogP contribution in [0.25, 0.3) is 0 Å². The molecule has 0 spiro atoms. The van der Waals surface area contributed by atoms with Crippen LogP contribution in [0, 0.1) is 0 Å². The molecule has 2 aromatic rings. The van der Waals surface area contributed by atoms with Crippen molar-refractivity contribution in [3.8, 4) is 0 Å². The minimum absolute atomic E-state index is 0.119. The molecule has 0 radical (unpaired) electrons. The van der Waals surface area contributed by atoms with Gasteiger partial charge in [-0.3, -0.25) is 9.48 Å². The van der Waals surface area contributed by atoms with E-state index in [0.29, 0.717) is 24.4 Å². The zero-order valence-corrected chi connectivity index (χ0v) is 12.5. The standard InChI is InChI=1S/C15H18ClN3O/c1-18(10-13-9-17-19(2)11-13)15(20)7-6-12-4-3-5-14(16)8-12/h3-5,8-9,11H,6-7,10H2,1-2H3. The maximum absolute atomic E-state index is 12.1. The van der Waals surface area contributed by atoms with Gasteiger partial charge in [-0.1, -0.05) is 23.7 Å². The molecule has 0 unspecified atom stereocenters. The second-order valence-electron chi connectivity index (χ2n) is 4.90. The summed E-state index contributed by atoms with van der Waals surface area (Å²) in [4.78, 5) is 13.8. The van der Waals surface area contributed by atoms with Crippen LogP contribution in [0.4, 0.5) is 0 Å². The van der Waals surface area contributed by atoms with Gasteiger partial charge in [0.15, 0.2) is 0 Å². The number of carbonyl (C=O) groups is 1. The van der Waals surface area contributed by atoms with Gasteiger partial charge in [0.05, 0.1) is 6.20 Å². The molecule has 0 fully saturated rings. The molecule has 0 bridgehead atoms. The molecule has 20 heavy (non-hydrogen) atoms. The minimum Gasteiger partial charge on any atom is -0.341 e. The Bertz CT molecular complexity index is 594. The monoisotopic (exact) mass is 291 g/mol. The molecule has 1 heterocycles. The average Bonchev–Trinajstić information content (AvgIpc) is 2.81. The first-order chi connectivity index (χ1) is 9.54. The number of benzene rings is 1. The maximum Gasteiger partial charge on any atom is 0.222 e. The van der Waals surface area contributed by atoms with Crippen LogP contribution in [0.1, 0.15) is 17.5 Å². The summed E-state index contributed by atoms with van der Waals surface area (Å²) < 4.78 is 1.74. The molecule has 0 aliphatic heterocycles. The van der Waals surface area contributed by atoms with Gasteiger partial charge < -0.3 is 4.90 Å². The predicted octanol–water partition coefficient (Wildman–Crippen LogP) is 2.66. The molecule has 0 aliphatic carbocycles. The molecule has 2 rings (SSSR count). The summed E-state index contributed by atoms with van der Waals surface area (Å²) in [5.41, 5.74) is 2.12. The van der Waals surface area contributed by atoms with Crippen molar-refractivity contribution in [2.24, 2.45) is 7.05 Å². The number of halogens is 1. The van der Waals surface area contributed by atoms with E-state index in [1.807, 2.05) is 44.6 Å². The van der Waals surface area contributed by atoms with Crippen LogP contribution in [-0.4, -0.2) is 27.6 Å². The van der Waals surface area contributed by atoms with Crippen molar-refractivity contribution < 1.29 is 4.79 Å². The molecule has 5 heteroatoms. The summed E-state index contributed by atoms with van der Waals surface area (Å²) >= 11 is 5.93. The molecule has 0 N–H and O–H groups in total. The number of hydrogen-bond acceptors (Lipinski definition) is 2. The Labute approximate surface area is 124 Å². The Hall–Kier alpha value is -1.81. The molecule has 0 aliphatic rings. The van der Waals surface area contributed by atoms with Gasteiger partial charge >= 0.3 is 0 Å². The van der Waals surface area contributed by atoms with Crippen LogP contribution in [0.3, 0.4) is 0 Å². The van der Waals surface area contributed by atoms with E-state index in [-0.39, 0.29) is 5.91 Å². The van der Waals surface area contributed by atoms with Gasteiger partial charge in [-0.15, -0.1) is 0 Å². The van der Waals surface area contributed by atoms with Gasteiger partial charge in [0.25, 0.3) is 0 Å². The molecular weight excluding hydrogens is 274 g/mol. The summed E-state index contributed by atoms with van der Waals surface area (Å²) in [6, 6.07) is 7.62. The Morgan fingerprint density at radius 1 is 1.40 bits per heavy atom. The van der Waals surface area contributed by atoms with Gasteiger partial charge in [-0.05, 0) is 24.1 Å². The summed E-state index contributed by atoms with van der Waals surface area (Å²) in [7, 11) is 3.68. The van der Waals surface area contributed by atoms with Crippen molar-refractivity contribution in [3.05, 3.63) is 52.8 Å². The van der Waals surface area contributed by atoms with Crippen molar-refractivity contribution in [3.63, 3.8) is 0 Å². The Morgan fingerprint density at radius 2 is 2.20 bits per heavy atom. The van der Waals surface area contributed by atoms with Crippen molar-refractivity contribution in [1.29, 1.82) is 0 Å². The number of hydrogen-bond donors (Lipinski definition) is 0. The Kier molecular flexibility index (Phi) is 4.79. The molecule has 1 aromatic carbocycles.